The van der Waals surface area contributed by atoms with Gasteiger partial charge in [0.2, 0.25) is 0 Å². The SMILES string of the molecule is CCCC(OC)C(=O)c1ccc(C)nc1. The Morgan fingerprint density at radius 3 is 2.73 bits per heavy atom. The number of Topliss-reactive ketones (excluding diaryl/α,β-unsaturated/α-hetero) is 1. The van der Waals surface area contributed by atoms with E-state index in [9.17, 15) is 4.79 Å². The smallest absolute Gasteiger partial charge is 0.193 e. The predicted molar refractivity (Wildman–Crippen MR) is 59.0 cm³/mol. The van der Waals surface area contributed by atoms with Crippen LogP contribution < -0.4 is 0 Å². The van der Waals surface area contributed by atoms with Gasteiger partial charge in [0.1, 0.15) is 6.10 Å². The van der Waals surface area contributed by atoms with Crippen molar-refractivity contribution in [1.29, 1.82) is 0 Å². The zero-order chi connectivity index (χ0) is 11.3. The lowest BCUT2D eigenvalue weighted by molar-refractivity contribution is 0.0578. The van der Waals surface area contributed by atoms with Crippen LogP contribution in [0.3, 0.4) is 0 Å². The van der Waals surface area contributed by atoms with E-state index in [1.54, 1.807) is 19.4 Å². The van der Waals surface area contributed by atoms with Crippen LogP contribution in [0.2, 0.25) is 0 Å². The topological polar surface area (TPSA) is 39.2 Å². The van der Waals surface area contributed by atoms with Crippen molar-refractivity contribution in [1.82, 2.24) is 4.98 Å². The van der Waals surface area contributed by atoms with Crippen molar-refractivity contribution in [3.63, 3.8) is 0 Å². The van der Waals surface area contributed by atoms with Gasteiger partial charge in [-0.2, -0.15) is 0 Å². The second-order valence-electron chi connectivity index (χ2n) is 3.57. The maximum Gasteiger partial charge on any atom is 0.193 e. The number of rotatable bonds is 5. The predicted octanol–water partition coefficient (Wildman–Crippen LogP) is 2.39. The molecule has 0 aliphatic carbocycles. The van der Waals surface area contributed by atoms with Crippen LogP contribution in [0.1, 0.15) is 35.8 Å². The molecule has 1 atom stereocenters. The lowest BCUT2D eigenvalue weighted by Crippen LogP contribution is -2.23. The molecule has 1 aromatic heterocycles. The number of aryl methyl sites for hydroxylation is 1. The van der Waals surface area contributed by atoms with Crippen LogP contribution in [0.4, 0.5) is 0 Å². The summed E-state index contributed by atoms with van der Waals surface area (Å²) in [5.41, 5.74) is 1.54. The lowest BCUT2D eigenvalue weighted by atomic mass is 10.0. The highest BCUT2D eigenvalue weighted by Crippen LogP contribution is 2.10. The maximum atomic E-state index is 11.9. The summed E-state index contributed by atoms with van der Waals surface area (Å²) in [4.78, 5) is 16.0. The minimum absolute atomic E-state index is 0.0202. The van der Waals surface area contributed by atoms with E-state index in [4.69, 9.17) is 4.74 Å². The van der Waals surface area contributed by atoms with E-state index in [0.29, 0.717) is 5.56 Å². The van der Waals surface area contributed by atoms with Gasteiger partial charge in [-0.05, 0) is 25.5 Å². The molecule has 15 heavy (non-hydrogen) atoms. The first-order chi connectivity index (χ1) is 7.19. The fraction of sp³-hybridized carbons (Fsp3) is 0.500. The Morgan fingerprint density at radius 2 is 2.27 bits per heavy atom. The molecule has 0 saturated carbocycles. The van der Waals surface area contributed by atoms with Gasteiger partial charge in [0, 0.05) is 24.6 Å². The molecule has 82 valence electrons. The molecule has 1 aromatic rings. The average Bonchev–Trinajstić information content (AvgIpc) is 2.26. The molecule has 0 spiro atoms. The third-order valence-electron chi connectivity index (χ3n) is 2.32. The molecule has 3 heteroatoms. The molecule has 0 fully saturated rings. The van der Waals surface area contributed by atoms with Crippen molar-refractivity contribution in [2.45, 2.75) is 32.8 Å². The Balaban J connectivity index is 2.78. The van der Waals surface area contributed by atoms with E-state index in [1.807, 2.05) is 19.9 Å². The summed E-state index contributed by atoms with van der Waals surface area (Å²) >= 11 is 0. The van der Waals surface area contributed by atoms with Crippen molar-refractivity contribution in [2.24, 2.45) is 0 Å². The van der Waals surface area contributed by atoms with Crippen LogP contribution in [0.5, 0.6) is 0 Å². The molecule has 0 aliphatic heterocycles. The molecular weight excluding hydrogens is 190 g/mol. The number of carbonyl (C=O) groups excluding carboxylic acids is 1. The molecule has 0 saturated heterocycles. The Bertz CT molecular complexity index is 319. The van der Waals surface area contributed by atoms with Gasteiger partial charge in [-0.25, -0.2) is 0 Å². The Labute approximate surface area is 90.5 Å². The van der Waals surface area contributed by atoms with Gasteiger partial charge in [0.15, 0.2) is 5.78 Å². The zero-order valence-corrected chi connectivity index (χ0v) is 9.49. The third kappa shape index (κ3) is 3.13. The second kappa shape index (κ2) is 5.61. The van der Waals surface area contributed by atoms with Crippen LogP contribution in [-0.2, 0) is 4.74 Å². The first kappa shape index (κ1) is 11.9. The number of pyridine rings is 1. The molecule has 0 bridgehead atoms. The quantitative estimate of drug-likeness (QED) is 0.696. The van der Waals surface area contributed by atoms with Gasteiger partial charge in [0.25, 0.3) is 0 Å². The van der Waals surface area contributed by atoms with Gasteiger partial charge in [-0.1, -0.05) is 13.3 Å². The number of ether oxygens (including phenoxy) is 1. The molecule has 0 amide bonds. The summed E-state index contributed by atoms with van der Waals surface area (Å²) < 4.78 is 5.16. The summed E-state index contributed by atoms with van der Waals surface area (Å²) in [6.45, 7) is 3.93. The first-order valence-corrected chi connectivity index (χ1v) is 5.18. The Hall–Kier alpha value is -1.22. The molecule has 3 nitrogen and oxygen atoms in total. The molecule has 0 N–H and O–H groups in total. The first-order valence-electron chi connectivity index (χ1n) is 5.18. The van der Waals surface area contributed by atoms with Crippen LogP contribution in [0.15, 0.2) is 18.3 Å². The molecular formula is C12H17NO2. The van der Waals surface area contributed by atoms with Gasteiger partial charge >= 0.3 is 0 Å². The van der Waals surface area contributed by atoms with Crippen LogP contribution in [-0.4, -0.2) is 24.0 Å². The minimum Gasteiger partial charge on any atom is -0.373 e. The number of carbonyl (C=O) groups is 1. The monoisotopic (exact) mass is 207 g/mol. The van der Waals surface area contributed by atoms with Crippen molar-refractivity contribution in [3.8, 4) is 0 Å². The van der Waals surface area contributed by atoms with E-state index in [-0.39, 0.29) is 11.9 Å². The standard InChI is InChI=1S/C12H17NO2/c1-4-5-11(15-3)12(14)10-7-6-9(2)13-8-10/h6-8,11H,4-5H2,1-3H3. The van der Waals surface area contributed by atoms with Gasteiger partial charge in [-0.15, -0.1) is 0 Å². The van der Waals surface area contributed by atoms with E-state index in [0.717, 1.165) is 18.5 Å². The molecule has 1 unspecified atom stereocenters. The minimum atomic E-state index is -0.334. The number of hydrogen-bond acceptors (Lipinski definition) is 3. The lowest BCUT2D eigenvalue weighted by Gasteiger charge is -2.12. The summed E-state index contributed by atoms with van der Waals surface area (Å²) in [7, 11) is 1.57. The van der Waals surface area contributed by atoms with Crippen molar-refractivity contribution >= 4 is 5.78 Å². The number of ketones is 1. The van der Waals surface area contributed by atoms with Crippen LogP contribution >= 0.6 is 0 Å². The average molecular weight is 207 g/mol. The summed E-state index contributed by atoms with van der Waals surface area (Å²) in [5, 5.41) is 0. The van der Waals surface area contributed by atoms with Crippen LogP contribution in [0, 0.1) is 6.92 Å². The summed E-state index contributed by atoms with van der Waals surface area (Å²) in [6, 6.07) is 3.64. The summed E-state index contributed by atoms with van der Waals surface area (Å²) in [5.74, 6) is 0.0202. The van der Waals surface area contributed by atoms with E-state index in [2.05, 4.69) is 4.98 Å². The van der Waals surface area contributed by atoms with Gasteiger partial charge in [0.05, 0.1) is 0 Å². The highest BCUT2D eigenvalue weighted by molar-refractivity contribution is 5.99. The number of nitrogens with zero attached hydrogens (tertiary/aromatic N) is 1. The van der Waals surface area contributed by atoms with Crippen molar-refractivity contribution in [2.75, 3.05) is 7.11 Å². The maximum absolute atomic E-state index is 11.9. The van der Waals surface area contributed by atoms with Crippen molar-refractivity contribution in [3.05, 3.63) is 29.6 Å². The fourth-order valence-electron chi connectivity index (χ4n) is 1.42. The Kier molecular flexibility index (Phi) is 4.43. The number of hydrogen-bond donors (Lipinski definition) is 0. The normalized spacial score (nSPS) is 12.5. The highest BCUT2D eigenvalue weighted by atomic mass is 16.5. The van der Waals surface area contributed by atoms with E-state index >= 15 is 0 Å². The number of methoxy groups -OCH3 is 1. The van der Waals surface area contributed by atoms with E-state index in [1.165, 1.54) is 0 Å². The third-order valence-corrected chi connectivity index (χ3v) is 2.32. The molecule has 1 rings (SSSR count). The highest BCUT2D eigenvalue weighted by Gasteiger charge is 2.18. The molecule has 0 aromatic carbocycles. The largest absolute Gasteiger partial charge is 0.373 e. The molecule has 1 heterocycles. The Morgan fingerprint density at radius 1 is 1.53 bits per heavy atom. The van der Waals surface area contributed by atoms with Crippen molar-refractivity contribution < 1.29 is 9.53 Å². The van der Waals surface area contributed by atoms with Gasteiger partial charge in [-0.3, -0.25) is 9.78 Å². The van der Waals surface area contributed by atoms with E-state index < -0.39 is 0 Å². The van der Waals surface area contributed by atoms with Crippen LogP contribution in [0.25, 0.3) is 0 Å². The molecule has 0 radical (unpaired) electrons. The second-order valence-corrected chi connectivity index (χ2v) is 3.57. The zero-order valence-electron chi connectivity index (χ0n) is 9.49. The van der Waals surface area contributed by atoms with Gasteiger partial charge < -0.3 is 4.74 Å². The summed E-state index contributed by atoms with van der Waals surface area (Å²) in [6.07, 6.45) is 2.96. The number of aromatic nitrogens is 1. The molecule has 0 aliphatic rings. The fourth-order valence-corrected chi connectivity index (χ4v) is 1.42.